The van der Waals surface area contributed by atoms with Crippen LogP contribution in [-0.4, -0.2) is 39.8 Å². The van der Waals surface area contributed by atoms with Gasteiger partial charge in [-0.1, -0.05) is 0 Å². The number of ether oxygens (including phenoxy) is 1. The molecule has 1 aromatic carbocycles. The number of hydrogen-bond acceptors (Lipinski definition) is 7. The van der Waals surface area contributed by atoms with E-state index >= 15 is 0 Å². The number of nitrogens with zero attached hydrogens (tertiary/aromatic N) is 3. The first-order valence-electron chi connectivity index (χ1n) is 8.81. The van der Waals surface area contributed by atoms with Crippen molar-refractivity contribution in [1.29, 1.82) is 0 Å². The summed E-state index contributed by atoms with van der Waals surface area (Å²) in [6.07, 6.45) is 0.890. The highest BCUT2D eigenvalue weighted by atomic mass is 32.1. The Kier molecular flexibility index (Phi) is 6.80. The van der Waals surface area contributed by atoms with Crippen molar-refractivity contribution in [2.24, 2.45) is 0 Å². The molecule has 0 unspecified atom stereocenters. The minimum atomic E-state index is -2.67. The van der Waals surface area contributed by atoms with Crippen LogP contribution in [0.5, 0.6) is 5.88 Å². The van der Waals surface area contributed by atoms with Gasteiger partial charge in [0.05, 0.1) is 29.2 Å². The van der Waals surface area contributed by atoms with E-state index in [1.807, 2.05) is 0 Å². The molecule has 0 bridgehead atoms. The highest BCUT2D eigenvalue weighted by molar-refractivity contribution is 7.13. The normalized spacial score (nSPS) is 10.8. The van der Waals surface area contributed by atoms with Gasteiger partial charge in [0.25, 0.3) is 18.2 Å². The maximum Gasteiger partial charge on any atom is 0.272 e. The Morgan fingerprint density at radius 1 is 1.06 bits per heavy atom. The molecule has 0 radical (unpaired) electrons. The molecule has 0 saturated carbocycles. The van der Waals surface area contributed by atoms with Crippen molar-refractivity contribution in [3.05, 3.63) is 57.6 Å². The molecule has 0 aliphatic carbocycles. The zero-order valence-electron chi connectivity index (χ0n) is 16.3. The van der Waals surface area contributed by atoms with E-state index in [9.17, 15) is 22.8 Å². The lowest BCUT2D eigenvalue weighted by Gasteiger charge is -2.11. The predicted molar refractivity (Wildman–Crippen MR) is 107 cm³/mol. The van der Waals surface area contributed by atoms with Gasteiger partial charge in [0.15, 0.2) is 12.4 Å². The molecule has 0 saturated heterocycles. The predicted octanol–water partition coefficient (Wildman–Crippen LogP) is 3.84. The number of aromatic nitrogens is 3. The maximum absolute atomic E-state index is 14.4. The van der Waals surface area contributed by atoms with Crippen LogP contribution in [0, 0.1) is 19.7 Å². The van der Waals surface area contributed by atoms with Crippen LogP contribution in [0.4, 0.5) is 24.7 Å². The Balaban J connectivity index is 1.73. The van der Waals surface area contributed by atoms with E-state index < -0.39 is 30.7 Å². The molecule has 2 heterocycles. The fourth-order valence-corrected chi connectivity index (χ4v) is 3.09. The highest BCUT2D eigenvalue weighted by Gasteiger charge is 2.18. The van der Waals surface area contributed by atoms with Gasteiger partial charge in [-0.15, -0.1) is 11.3 Å². The van der Waals surface area contributed by atoms with Crippen molar-refractivity contribution in [1.82, 2.24) is 15.0 Å². The molecule has 2 N–H and O–H groups in total. The van der Waals surface area contributed by atoms with Gasteiger partial charge >= 0.3 is 0 Å². The number of amides is 2. The van der Waals surface area contributed by atoms with E-state index in [-0.39, 0.29) is 22.9 Å². The number of aryl methyl sites for hydroxylation is 2. The topological polar surface area (TPSA) is 106 Å². The highest BCUT2D eigenvalue weighted by Crippen LogP contribution is 2.23. The first kappa shape index (κ1) is 22.2. The number of anilines is 2. The van der Waals surface area contributed by atoms with Crippen LogP contribution in [0.25, 0.3) is 0 Å². The third-order valence-corrected chi connectivity index (χ3v) is 4.79. The van der Waals surface area contributed by atoms with Crippen molar-refractivity contribution in [3.8, 4) is 5.88 Å². The number of rotatable bonds is 7. The first-order valence-corrected chi connectivity index (χ1v) is 9.63. The second-order valence-electron chi connectivity index (χ2n) is 6.24. The molecule has 2 aromatic heterocycles. The average molecular weight is 451 g/mol. The van der Waals surface area contributed by atoms with Crippen molar-refractivity contribution in [3.63, 3.8) is 0 Å². The van der Waals surface area contributed by atoms with Gasteiger partial charge in [-0.05, 0) is 31.5 Å². The lowest BCUT2D eigenvalue weighted by Crippen LogP contribution is -2.17. The second kappa shape index (κ2) is 9.51. The lowest BCUT2D eigenvalue weighted by atomic mass is 10.1. The number of thiazole rings is 1. The molecule has 31 heavy (non-hydrogen) atoms. The van der Waals surface area contributed by atoms with Crippen molar-refractivity contribution in [2.75, 3.05) is 17.2 Å². The molecule has 0 aliphatic rings. The number of benzene rings is 1. The summed E-state index contributed by atoms with van der Waals surface area (Å²) >= 11 is 1.20. The molecule has 0 spiro atoms. The van der Waals surface area contributed by atoms with Gasteiger partial charge in [-0.25, -0.2) is 28.1 Å². The van der Waals surface area contributed by atoms with Crippen LogP contribution in [0.3, 0.4) is 0 Å². The van der Waals surface area contributed by atoms with Crippen LogP contribution in [0.15, 0.2) is 30.7 Å². The summed E-state index contributed by atoms with van der Waals surface area (Å²) in [6.45, 7) is 2.50. The fourth-order valence-electron chi connectivity index (χ4n) is 2.42. The van der Waals surface area contributed by atoms with Gasteiger partial charge in [-0.2, -0.15) is 0 Å². The van der Waals surface area contributed by atoms with Crippen LogP contribution in [-0.2, 0) is 0 Å². The number of alkyl halides is 2. The van der Waals surface area contributed by atoms with Gasteiger partial charge in [0, 0.05) is 5.69 Å². The minimum Gasteiger partial charge on any atom is -0.470 e. The molecule has 12 heteroatoms. The van der Waals surface area contributed by atoms with Crippen molar-refractivity contribution in [2.45, 2.75) is 20.3 Å². The number of nitrogens with one attached hydrogen (secondary N) is 2. The van der Waals surface area contributed by atoms with Crippen LogP contribution in [0.2, 0.25) is 0 Å². The van der Waals surface area contributed by atoms with Crippen molar-refractivity contribution >= 4 is 34.7 Å². The van der Waals surface area contributed by atoms with Gasteiger partial charge in [0.1, 0.15) is 10.7 Å². The van der Waals surface area contributed by atoms with Crippen LogP contribution in [0.1, 0.15) is 30.6 Å². The van der Waals surface area contributed by atoms with E-state index in [4.69, 9.17) is 4.74 Å². The zero-order chi connectivity index (χ0) is 22.5. The summed E-state index contributed by atoms with van der Waals surface area (Å²) in [5, 5.41) is 5.70. The third-order valence-electron chi connectivity index (χ3n) is 3.88. The Bertz CT molecular complexity index is 1110. The Morgan fingerprint density at radius 2 is 1.84 bits per heavy atom. The third kappa shape index (κ3) is 5.75. The Morgan fingerprint density at radius 3 is 2.45 bits per heavy atom. The molecule has 2 amide bonds. The summed E-state index contributed by atoms with van der Waals surface area (Å²) < 4.78 is 43.4. The minimum absolute atomic E-state index is 0.0416. The van der Waals surface area contributed by atoms with Gasteiger partial charge in [-0.3, -0.25) is 9.59 Å². The smallest absolute Gasteiger partial charge is 0.272 e. The average Bonchev–Trinajstić information content (AvgIpc) is 3.15. The molecule has 0 fully saturated rings. The molecule has 0 atom stereocenters. The maximum atomic E-state index is 14.4. The summed E-state index contributed by atoms with van der Waals surface area (Å²) in [5.41, 5.74) is 0.342. The summed E-state index contributed by atoms with van der Waals surface area (Å²) in [6, 6.07) is 2.33. The Hall–Kier alpha value is -3.54. The fraction of sp³-hybridized carbons (Fsp3) is 0.211. The first-order chi connectivity index (χ1) is 14.7. The standard InChI is InChI=1S/C19H16F3N5O3S/c1-9-3-12(20)11(4-13(9)26-19(29)14-5-23-10(2)31-14)18(28)27-16-6-25-17(7-24-16)30-8-15(21)22/h3-7,15H,8H2,1-2H3,(H,26,29)(H,24,27,28). The number of halogens is 3. The van der Waals surface area contributed by atoms with Crippen molar-refractivity contribution < 1.29 is 27.5 Å². The molecule has 3 rings (SSSR count). The molecular formula is C19H16F3N5O3S. The summed E-state index contributed by atoms with van der Waals surface area (Å²) in [4.78, 5) is 36.8. The van der Waals surface area contributed by atoms with E-state index in [0.717, 1.165) is 18.5 Å². The van der Waals surface area contributed by atoms with Crippen LogP contribution >= 0.6 is 11.3 Å². The Labute approximate surface area is 178 Å². The van der Waals surface area contributed by atoms with Gasteiger partial charge < -0.3 is 15.4 Å². The van der Waals surface area contributed by atoms with E-state index in [0.29, 0.717) is 15.4 Å². The molecule has 162 valence electrons. The van der Waals surface area contributed by atoms with Crippen LogP contribution < -0.4 is 15.4 Å². The monoisotopic (exact) mass is 451 g/mol. The molecule has 8 nitrogen and oxygen atoms in total. The summed E-state index contributed by atoms with van der Waals surface area (Å²) in [5.74, 6) is -2.26. The summed E-state index contributed by atoms with van der Waals surface area (Å²) in [7, 11) is 0. The number of carbonyl (C=O) groups is 2. The second-order valence-corrected chi connectivity index (χ2v) is 7.48. The van der Waals surface area contributed by atoms with E-state index in [2.05, 4.69) is 25.6 Å². The number of carbonyl (C=O) groups excluding carboxylic acids is 2. The molecule has 3 aromatic rings. The number of hydrogen-bond donors (Lipinski definition) is 2. The largest absolute Gasteiger partial charge is 0.470 e. The SMILES string of the molecule is Cc1ncc(C(=O)Nc2cc(C(=O)Nc3cnc(OCC(F)F)cn3)c(F)cc2C)s1. The van der Waals surface area contributed by atoms with E-state index in [1.54, 1.807) is 13.8 Å². The molecular weight excluding hydrogens is 435 g/mol. The lowest BCUT2D eigenvalue weighted by molar-refractivity contribution is 0.0794. The zero-order valence-corrected chi connectivity index (χ0v) is 17.1. The molecule has 0 aliphatic heterocycles. The quantitative estimate of drug-likeness (QED) is 0.566. The van der Waals surface area contributed by atoms with E-state index in [1.165, 1.54) is 23.6 Å². The van der Waals surface area contributed by atoms with Gasteiger partial charge in [0.2, 0.25) is 5.88 Å².